The summed E-state index contributed by atoms with van der Waals surface area (Å²) >= 11 is 5.65. The third kappa shape index (κ3) is 2.55. The first-order valence-electron chi connectivity index (χ1n) is 4.89. The maximum atomic E-state index is 13.4. The summed E-state index contributed by atoms with van der Waals surface area (Å²) in [5, 5.41) is 3.33. The van der Waals surface area contributed by atoms with Crippen LogP contribution in [0.3, 0.4) is 0 Å². The lowest BCUT2D eigenvalue weighted by molar-refractivity contribution is 0.490. The van der Waals surface area contributed by atoms with Crippen LogP contribution in [-0.4, -0.2) is 0 Å². The second kappa shape index (κ2) is 4.58. The summed E-state index contributed by atoms with van der Waals surface area (Å²) in [6, 6.07) is 8.25. The number of benzene rings is 1. The normalized spacial score (nSPS) is 10.4. The molecule has 2 rings (SSSR count). The second-order valence-corrected chi connectivity index (χ2v) is 3.93. The van der Waals surface area contributed by atoms with Crippen LogP contribution < -0.4 is 5.32 Å². The minimum Gasteiger partial charge on any atom is -0.465 e. The van der Waals surface area contributed by atoms with Crippen molar-refractivity contribution in [2.45, 2.75) is 13.5 Å². The lowest BCUT2D eigenvalue weighted by atomic mass is 10.3. The van der Waals surface area contributed by atoms with E-state index in [-0.39, 0.29) is 5.82 Å². The Morgan fingerprint density at radius 2 is 2.12 bits per heavy atom. The Kier molecular flexibility index (Phi) is 3.15. The van der Waals surface area contributed by atoms with Crippen LogP contribution in [0, 0.1) is 12.7 Å². The molecule has 16 heavy (non-hydrogen) atoms. The third-order valence-electron chi connectivity index (χ3n) is 2.18. The number of halogens is 2. The summed E-state index contributed by atoms with van der Waals surface area (Å²) in [4.78, 5) is 0. The van der Waals surface area contributed by atoms with Crippen LogP contribution in [0.4, 0.5) is 10.1 Å². The third-order valence-corrected chi connectivity index (χ3v) is 2.42. The minimum atomic E-state index is -0.365. The van der Waals surface area contributed by atoms with Gasteiger partial charge in [-0.05, 0) is 37.3 Å². The molecule has 0 aliphatic rings. The number of nitrogens with one attached hydrogen (secondary N) is 1. The number of furan rings is 1. The Hall–Kier alpha value is -1.48. The van der Waals surface area contributed by atoms with E-state index in [0.29, 0.717) is 17.3 Å². The summed E-state index contributed by atoms with van der Waals surface area (Å²) in [5.74, 6) is 1.25. The zero-order valence-electron chi connectivity index (χ0n) is 8.76. The lowest BCUT2D eigenvalue weighted by Crippen LogP contribution is -2.00. The van der Waals surface area contributed by atoms with E-state index in [2.05, 4.69) is 5.32 Å². The largest absolute Gasteiger partial charge is 0.465 e. The molecule has 1 aromatic carbocycles. The molecule has 4 heteroatoms. The van der Waals surface area contributed by atoms with Gasteiger partial charge in [-0.2, -0.15) is 0 Å². The molecule has 84 valence electrons. The fourth-order valence-corrected chi connectivity index (χ4v) is 1.55. The first kappa shape index (κ1) is 11.0. The molecule has 0 fully saturated rings. The summed E-state index contributed by atoms with van der Waals surface area (Å²) in [6.45, 7) is 2.32. The molecule has 1 heterocycles. The highest BCUT2D eigenvalue weighted by Crippen LogP contribution is 2.19. The van der Waals surface area contributed by atoms with Gasteiger partial charge in [-0.15, -0.1) is 0 Å². The molecule has 0 aliphatic heterocycles. The van der Waals surface area contributed by atoms with Gasteiger partial charge in [0.25, 0.3) is 0 Å². The minimum absolute atomic E-state index is 0.365. The fourth-order valence-electron chi connectivity index (χ4n) is 1.40. The van der Waals surface area contributed by atoms with Crippen molar-refractivity contribution in [2.75, 3.05) is 5.32 Å². The Morgan fingerprint density at radius 1 is 1.31 bits per heavy atom. The standard InChI is InChI=1S/C12H11ClFNO/c1-8-2-4-10(16-8)7-15-12-5-3-9(13)6-11(12)14/h2-6,15H,7H2,1H3. The van der Waals surface area contributed by atoms with Crippen molar-refractivity contribution in [3.63, 3.8) is 0 Å². The van der Waals surface area contributed by atoms with Crippen LogP contribution in [0.15, 0.2) is 34.7 Å². The van der Waals surface area contributed by atoms with Crippen LogP contribution in [-0.2, 0) is 6.54 Å². The molecule has 1 aromatic heterocycles. The van der Waals surface area contributed by atoms with E-state index < -0.39 is 0 Å². The van der Waals surface area contributed by atoms with Gasteiger partial charge in [0, 0.05) is 5.02 Å². The van der Waals surface area contributed by atoms with Gasteiger partial charge in [0.1, 0.15) is 17.3 Å². The molecule has 2 aromatic rings. The number of rotatable bonds is 3. The quantitative estimate of drug-likeness (QED) is 0.876. The van der Waals surface area contributed by atoms with Crippen molar-refractivity contribution in [3.05, 3.63) is 52.7 Å². The molecule has 0 atom stereocenters. The van der Waals surface area contributed by atoms with Gasteiger partial charge >= 0.3 is 0 Å². The van der Waals surface area contributed by atoms with Gasteiger partial charge in [-0.1, -0.05) is 11.6 Å². The fraction of sp³-hybridized carbons (Fsp3) is 0.167. The number of hydrogen-bond donors (Lipinski definition) is 1. The first-order chi connectivity index (χ1) is 7.65. The molecule has 0 radical (unpaired) electrons. The SMILES string of the molecule is Cc1ccc(CNc2ccc(Cl)cc2F)o1. The molecule has 0 bridgehead atoms. The molecule has 0 spiro atoms. The lowest BCUT2D eigenvalue weighted by Gasteiger charge is -2.05. The molecule has 2 nitrogen and oxygen atoms in total. The average molecular weight is 240 g/mol. The van der Waals surface area contributed by atoms with E-state index in [1.165, 1.54) is 6.07 Å². The van der Waals surface area contributed by atoms with Crippen LogP contribution in [0.2, 0.25) is 5.02 Å². The van der Waals surface area contributed by atoms with Crippen molar-refractivity contribution in [3.8, 4) is 0 Å². The summed E-state index contributed by atoms with van der Waals surface area (Å²) < 4.78 is 18.7. The van der Waals surface area contributed by atoms with Crippen LogP contribution >= 0.6 is 11.6 Å². The summed E-state index contributed by atoms with van der Waals surface area (Å²) in [7, 11) is 0. The second-order valence-electron chi connectivity index (χ2n) is 3.49. The van der Waals surface area contributed by atoms with E-state index in [0.717, 1.165) is 11.5 Å². The zero-order valence-corrected chi connectivity index (χ0v) is 9.51. The van der Waals surface area contributed by atoms with E-state index in [1.54, 1.807) is 12.1 Å². The number of aryl methyl sites for hydroxylation is 1. The topological polar surface area (TPSA) is 25.2 Å². The van der Waals surface area contributed by atoms with Crippen molar-refractivity contribution >= 4 is 17.3 Å². The molecule has 0 saturated heterocycles. The van der Waals surface area contributed by atoms with Crippen molar-refractivity contribution in [1.82, 2.24) is 0 Å². The van der Waals surface area contributed by atoms with Gasteiger partial charge in [-0.25, -0.2) is 4.39 Å². The molecular formula is C12H11ClFNO. The Morgan fingerprint density at radius 3 is 2.75 bits per heavy atom. The van der Waals surface area contributed by atoms with E-state index in [9.17, 15) is 4.39 Å². The Bertz CT molecular complexity index is 496. The summed E-state index contributed by atoms with van der Waals surface area (Å²) in [6.07, 6.45) is 0. The highest BCUT2D eigenvalue weighted by molar-refractivity contribution is 6.30. The van der Waals surface area contributed by atoms with Gasteiger partial charge in [-0.3, -0.25) is 0 Å². The van der Waals surface area contributed by atoms with E-state index in [1.807, 2.05) is 19.1 Å². The Labute approximate surface area is 98.0 Å². The zero-order chi connectivity index (χ0) is 11.5. The van der Waals surface area contributed by atoms with Crippen molar-refractivity contribution in [1.29, 1.82) is 0 Å². The van der Waals surface area contributed by atoms with Gasteiger partial charge in [0.15, 0.2) is 0 Å². The van der Waals surface area contributed by atoms with E-state index >= 15 is 0 Å². The van der Waals surface area contributed by atoms with Crippen LogP contribution in [0.25, 0.3) is 0 Å². The monoisotopic (exact) mass is 239 g/mol. The van der Waals surface area contributed by atoms with Gasteiger partial charge in [0.05, 0.1) is 12.2 Å². The van der Waals surface area contributed by atoms with Crippen LogP contribution in [0.5, 0.6) is 0 Å². The molecule has 0 unspecified atom stereocenters. The molecule has 0 aliphatic carbocycles. The highest BCUT2D eigenvalue weighted by Gasteiger charge is 2.03. The highest BCUT2D eigenvalue weighted by atomic mass is 35.5. The summed E-state index contributed by atoms with van der Waals surface area (Å²) in [5.41, 5.74) is 0.415. The van der Waals surface area contributed by atoms with Crippen molar-refractivity contribution in [2.24, 2.45) is 0 Å². The molecular weight excluding hydrogens is 229 g/mol. The predicted octanol–water partition coefficient (Wildman–Crippen LogP) is 3.99. The van der Waals surface area contributed by atoms with E-state index in [4.69, 9.17) is 16.0 Å². The smallest absolute Gasteiger partial charge is 0.147 e. The molecule has 0 amide bonds. The maximum Gasteiger partial charge on any atom is 0.147 e. The molecule has 1 N–H and O–H groups in total. The van der Waals surface area contributed by atoms with Crippen molar-refractivity contribution < 1.29 is 8.81 Å². The predicted molar refractivity (Wildman–Crippen MR) is 62.2 cm³/mol. The first-order valence-corrected chi connectivity index (χ1v) is 5.27. The number of anilines is 1. The van der Waals surface area contributed by atoms with Crippen LogP contribution in [0.1, 0.15) is 11.5 Å². The number of hydrogen-bond acceptors (Lipinski definition) is 2. The van der Waals surface area contributed by atoms with Gasteiger partial charge < -0.3 is 9.73 Å². The maximum absolute atomic E-state index is 13.4. The Balaban J connectivity index is 2.04. The molecule has 0 saturated carbocycles. The average Bonchev–Trinajstić information content (AvgIpc) is 2.63. The van der Waals surface area contributed by atoms with Gasteiger partial charge in [0.2, 0.25) is 0 Å².